The molecule has 0 unspecified atom stereocenters. The SMILES string of the molecule is O=C(CSc1ccc(NS(=O)(=O)c2ccccc2)cc1)Nc1ccc(-c2nc3ccccc3o2)cc1. The summed E-state index contributed by atoms with van der Waals surface area (Å²) >= 11 is 1.36. The first-order valence-electron chi connectivity index (χ1n) is 11.0. The van der Waals surface area contributed by atoms with Gasteiger partial charge in [0.2, 0.25) is 11.8 Å². The largest absolute Gasteiger partial charge is 0.436 e. The van der Waals surface area contributed by atoms with Gasteiger partial charge in [0.1, 0.15) is 5.52 Å². The number of anilines is 2. The first-order chi connectivity index (χ1) is 17.5. The zero-order valence-electron chi connectivity index (χ0n) is 18.9. The van der Waals surface area contributed by atoms with Crippen LogP contribution in [0.3, 0.4) is 0 Å². The van der Waals surface area contributed by atoms with E-state index in [2.05, 4.69) is 15.0 Å². The van der Waals surface area contributed by atoms with Crippen molar-refractivity contribution >= 4 is 50.2 Å². The molecule has 4 aromatic carbocycles. The Morgan fingerprint density at radius 1 is 0.806 bits per heavy atom. The molecule has 0 spiro atoms. The van der Waals surface area contributed by atoms with E-state index in [-0.39, 0.29) is 16.6 Å². The van der Waals surface area contributed by atoms with Crippen molar-refractivity contribution in [2.24, 2.45) is 0 Å². The van der Waals surface area contributed by atoms with E-state index in [1.807, 2.05) is 36.4 Å². The van der Waals surface area contributed by atoms with Gasteiger partial charge in [-0.1, -0.05) is 30.3 Å². The van der Waals surface area contributed by atoms with Crippen LogP contribution >= 0.6 is 11.8 Å². The van der Waals surface area contributed by atoms with Crippen LogP contribution in [0.4, 0.5) is 11.4 Å². The Bertz CT molecular complexity index is 1570. The van der Waals surface area contributed by atoms with Crippen LogP contribution in [0.1, 0.15) is 0 Å². The average molecular weight is 516 g/mol. The van der Waals surface area contributed by atoms with E-state index in [4.69, 9.17) is 4.42 Å². The molecule has 0 radical (unpaired) electrons. The van der Waals surface area contributed by atoms with Gasteiger partial charge >= 0.3 is 0 Å². The fourth-order valence-corrected chi connectivity index (χ4v) is 5.25. The van der Waals surface area contributed by atoms with Gasteiger partial charge in [-0.25, -0.2) is 13.4 Å². The smallest absolute Gasteiger partial charge is 0.261 e. The van der Waals surface area contributed by atoms with Crippen molar-refractivity contribution in [3.8, 4) is 11.5 Å². The molecule has 1 amide bonds. The summed E-state index contributed by atoms with van der Waals surface area (Å²) in [6, 6.07) is 30.0. The van der Waals surface area contributed by atoms with Gasteiger partial charge in [0.05, 0.1) is 10.6 Å². The molecule has 0 saturated heterocycles. The number of oxazole rings is 1. The molecule has 0 saturated carbocycles. The lowest BCUT2D eigenvalue weighted by molar-refractivity contribution is -0.113. The van der Waals surface area contributed by atoms with Crippen LogP contribution in [0.2, 0.25) is 0 Å². The van der Waals surface area contributed by atoms with Crippen LogP contribution in [0.5, 0.6) is 0 Å². The van der Waals surface area contributed by atoms with Crippen molar-refractivity contribution in [3.63, 3.8) is 0 Å². The van der Waals surface area contributed by atoms with Crippen molar-refractivity contribution in [2.45, 2.75) is 9.79 Å². The molecule has 1 heterocycles. The third-order valence-corrected chi connectivity index (χ3v) is 7.65. The number of amides is 1. The number of thioether (sulfide) groups is 1. The highest BCUT2D eigenvalue weighted by atomic mass is 32.2. The number of hydrogen-bond donors (Lipinski definition) is 2. The second kappa shape index (κ2) is 10.3. The van der Waals surface area contributed by atoms with E-state index in [1.54, 1.807) is 54.6 Å². The third-order valence-electron chi connectivity index (χ3n) is 5.24. The van der Waals surface area contributed by atoms with E-state index in [9.17, 15) is 13.2 Å². The molecule has 5 aromatic rings. The number of sulfonamides is 1. The standard InChI is InChI=1S/C27H21N3O4S2/c31-26(28-20-12-10-19(11-13-20)27-29-24-8-4-5-9-25(24)34-27)18-35-22-16-14-21(15-17-22)30-36(32,33)23-6-2-1-3-7-23/h1-17,30H,18H2,(H,28,31). The van der Waals surface area contributed by atoms with Gasteiger partial charge in [-0.3, -0.25) is 9.52 Å². The number of nitrogens with one attached hydrogen (secondary N) is 2. The van der Waals surface area contributed by atoms with Gasteiger partial charge in [-0.2, -0.15) is 0 Å². The molecule has 2 N–H and O–H groups in total. The zero-order chi connectivity index (χ0) is 25.0. The lowest BCUT2D eigenvalue weighted by Gasteiger charge is -2.09. The normalized spacial score (nSPS) is 11.3. The van der Waals surface area contributed by atoms with Crippen LogP contribution in [0.25, 0.3) is 22.6 Å². The number of aromatic nitrogens is 1. The van der Waals surface area contributed by atoms with E-state index in [0.717, 1.165) is 21.6 Å². The van der Waals surface area contributed by atoms with Crippen molar-refractivity contribution in [3.05, 3.63) is 103 Å². The van der Waals surface area contributed by atoms with Crippen LogP contribution in [-0.4, -0.2) is 25.1 Å². The minimum atomic E-state index is -3.65. The average Bonchev–Trinajstić information content (AvgIpc) is 3.33. The maximum absolute atomic E-state index is 12.4. The Kier molecular flexibility index (Phi) is 6.75. The molecule has 0 bridgehead atoms. The molecule has 0 aliphatic heterocycles. The fraction of sp³-hybridized carbons (Fsp3) is 0.0370. The van der Waals surface area contributed by atoms with Crippen molar-refractivity contribution in [1.82, 2.24) is 4.98 Å². The van der Waals surface area contributed by atoms with Crippen LogP contribution in [-0.2, 0) is 14.8 Å². The Labute approximate surface area is 212 Å². The van der Waals surface area contributed by atoms with Gasteiger partial charge < -0.3 is 9.73 Å². The summed E-state index contributed by atoms with van der Waals surface area (Å²) in [7, 11) is -3.65. The van der Waals surface area contributed by atoms with Gasteiger partial charge in [-0.05, 0) is 72.8 Å². The molecule has 0 atom stereocenters. The Hall–Kier alpha value is -4.08. The minimum absolute atomic E-state index is 0.150. The number of fused-ring (bicyclic) bond motifs is 1. The number of carbonyl (C=O) groups is 1. The third kappa shape index (κ3) is 5.59. The number of hydrogen-bond acceptors (Lipinski definition) is 6. The van der Waals surface area contributed by atoms with Gasteiger partial charge in [0.15, 0.2) is 5.58 Å². The molecule has 180 valence electrons. The van der Waals surface area contributed by atoms with E-state index >= 15 is 0 Å². The summed E-state index contributed by atoms with van der Waals surface area (Å²) in [5.74, 6) is 0.588. The summed E-state index contributed by atoms with van der Waals surface area (Å²) in [4.78, 5) is 17.9. The van der Waals surface area contributed by atoms with Crippen molar-refractivity contribution in [2.75, 3.05) is 15.8 Å². The quantitative estimate of drug-likeness (QED) is 0.245. The molecule has 0 fully saturated rings. The molecular weight excluding hydrogens is 494 g/mol. The van der Waals surface area contributed by atoms with Crippen LogP contribution in [0.15, 0.2) is 117 Å². The lowest BCUT2D eigenvalue weighted by atomic mass is 10.2. The van der Waals surface area contributed by atoms with Crippen molar-refractivity contribution in [1.29, 1.82) is 0 Å². The molecular formula is C27H21N3O4S2. The highest BCUT2D eigenvalue weighted by Gasteiger charge is 2.13. The minimum Gasteiger partial charge on any atom is -0.436 e. The number of carbonyl (C=O) groups excluding carboxylic acids is 1. The van der Waals surface area contributed by atoms with E-state index in [1.165, 1.54) is 23.9 Å². The fourth-order valence-electron chi connectivity index (χ4n) is 3.47. The summed E-state index contributed by atoms with van der Waals surface area (Å²) in [5.41, 5.74) is 3.46. The lowest BCUT2D eigenvalue weighted by Crippen LogP contribution is -2.14. The van der Waals surface area contributed by atoms with E-state index in [0.29, 0.717) is 17.3 Å². The topological polar surface area (TPSA) is 101 Å². The molecule has 0 aliphatic carbocycles. The molecule has 5 rings (SSSR count). The molecule has 0 aliphatic rings. The predicted molar refractivity (Wildman–Crippen MR) is 142 cm³/mol. The summed E-state index contributed by atoms with van der Waals surface area (Å²) in [6.07, 6.45) is 0. The number of para-hydroxylation sites is 2. The van der Waals surface area contributed by atoms with Gasteiger partial charge in [-0.15, -0.1) is 11.8 Å². The first kappa shape index (κ1) is 23.7. The van der Waals surface area contributed by atoms with Crippen LogP contribution in [0, 0.1) is 0 Å². The highest BCUT2D eigenvalue weighted by molar-refractivity contribution is 8.00. The van der Waals surface area contributed by atoms with Crippen LogP contribution < -0.4 is 10.0 Å². The zero-order valence-corrected chi connectivity index (χ0v) is 20.6. The number of nitrogens with zero attached hydrogens (tertiary/aromatic N) is 1. The molecule has 1 aromatic heterocycles. The maximum Gasteiger partial charge on any atom is 0.261 e. The van der Waals surface area contributed by atoms with Gasteiger partial charge in [0.25, 0.3) is 10.0 Å². The highest BCUT2D eigenvalue weighted by Crippen LogP contribution is 2.26. The molecule has 9 heteroatoms. The second-order valence-electron chi connectivity index (χ2n) is 7.84. The molecule has 7 nitrogen and oxygen atoms in total. The number of rotatable bonds is 8. The second-order valence-corrected chi connectivity index (χ2v) is 10.6. The summed E-state index contributed by atoms with van der Waals surface area (Å²) in [6.45, 7) is 0. The Balaban J connectivity index is 1.14. The molecule has 36 heavy (non-hydrogen) atoms. The summed E-state index contributed by atoms with van der Waals surface area (Å²) in [5, 5.41) is 2.88. The Morgan fingerprint density at radius 2 is 1.47 bits per heavy atom. The maximum atomic E-state index is 12.4. The van der Waals surface area contributed by atoms with Crippen molar-refractivity contribution < 1.29 is 17.6 Å². The first-order valence-corrected chi connectivity index (χ1v) is 13.5. The number of benzene rings is 4. The van der Waals surface area contributed by atoms with Gasteiger partial charge in [0, 0.05) is 21.8 Å². The Morgan fingerprint density at radius 3 is 2.19 bits per heavy atom. The van der Waals surface area contributed by atoms with E-state index < -0.39 is 10.0 Å². The predicted octanol–water partition coefficient (Wildman–Crippen LogP) is 6.03. The summed E-state index contributed by atoms with van der Waals surface area (Å²) < 4.78 is 33.2. The monoisotopic (exact) mass is 515 g/mol.